The van der Waals surface area contributed by atoms with Gasteiger partial charge in [-0.15, -0.1) is 5.10 Å². The number of aromatic nitrogens is 3. The molecule has 0 bridgehead atoms. The van der Waals surface area contributed by atoms with Gasteiger partial charge in [0.05, 0.1) is 5.56 Å². The van der Waals surface area contributed by atoms with Crippen molar-refractivity contribution in [2.45, 2.75) is 45.6 Å². The quantitative estimate of drug-likeness (QED) is 0.813. The minimum atomic E-state index is -0.921. The van der Waals surface area contributed by atoms with Gasteiger partial charge in [-0.05, 0) is 32.3 Å². The summed E-state index contributed by atoms with van der Waals surface area (Å²) in [7, 11) is 0. The molecule has 7 nitrogen and oxygen atoms in total. The zero-order chi connectivity index (χ0) is 18.7. The molecule has 0 spiro atoms. The van der Waals surface area contributed by atoms with Gasteiger partial charge in [0.15, 0.2) is 17.9 Å². The zero-order valence-corrected chi connectivity index (χ0v) is 14.2. The van der Waals surface area contributed by atoms with Crippen LogP contribution in [0.25, 0.3) is 5.69 Å². The van der Waals surface area contributed by atoms with Gasteiger partial charge in [0.2, 0.25) is 0 Å². The van der Waals surface area contributed by atoms with E-state index in [0.717, 1.165) is 36.1 Å². The first-order valence-corrected chi connectivity index (χ1v) is 8.36. The molecule has 0 radical (unpaired) electrons. The maximum Gasteiger partial charge on any atom is 0.350 e. The van der Waals surface area contributed by atoms with E-state index in [1.807, 2.05) is 0 Å². The molecule has 138 valence electrons. The summed E-state index contributed by atoms with van der Waals surface area (Å²) in [5.41, 5.74) is -1.40. The van der Waals surface area contributed by atoms with Crippen LogP contribution in [0.15, 0.2) is 16.9 Å². The SMILES string of the molecule is CCn1c(COC2CCCCO2)nn(-c2cc(F)c(C#N)cc2F)c1=O. The first-order valence-electron chi connectivity index (χ1n) is 8.36. The molecule has 2 aromatic rings. The molecule has 9 heteroatoms. The molecule has 0 N–H and O–H groups in total. The van der Waals surface area contributed by atoms with Crippen LogP contribution in [0.1, 0.15) is 37.6 Å². The number of rotatable bonds is 5. The van der Waals surface area contributed by atoms with E-state index < -0.39 is 22.9 Å². The summed E-state index contributed by atoms with van der Waals surface area (Å²) in [6.07, 6.45) is 2.37. The summed E-state index contributed by atoms with van der Waals surface area (Å²) >= 11 is 0. The van der Waals surface area contributed by atoms with Gasteiger partial charge in [-0.2, -0.15) is 9.94 Å². The molecule has 26 heavy (non-hydrogen) atoms. The Morgan fingerprint density at radius 1 is 1.38 bits per heavy atom. The van der Waals surface area contributed by atoms with Crippen LogP contribution in [-0.2, 0) is 22.6 Å². The largest absolute Gasteiger partial charge is 0.353 e. The number of nitriles is 1. The van der Waals surface area contributed by atoms with Gasteiger partial charge in [0, 0.05) is 19.2 Å². The van der Waals surface area contributed by atoms with E-state index in [0.29, 0.717) is 13.2 Å². The van der Waals surface area contributed by atoms with Crippen LogP contribution in [0.5, 0.6) is 0 Å². The summed E-state index contributed by atoms with van der Waals surface area (Å²) in [5.74, 6) is -1.54. The predicted molar refractivity (Wildman–Crippen MR) is 86.5 cm³/mol. The molecule has 3 rings (SSSR count). The van der Waals surface area contributed by atoms with Gasteiger partial charge in [-0.3, -0.25) is 4.57 Å². The van der Waals surface area contributed by atoms with Gasteiger partial charge in [0.1, 0.15) is 24.2 Å². The van der Waals surface area contributed by atoms with E-state index in [2.05, 4.69) is 5.10 Å². The number of benzene rings is 1. The number of hydrogen-bond acceptors (Lipinski definition) is 5. The second-order valence-electron chi connectivity index (χ2n) is 5.86. The van der Waals surface area contributed by atoms with Crippen molar-refractivity contribution in [1.82, 2.24) is 14.3 Å². The summed E-state index contributed by atoms with van der Waals surface area (Å²) < 4.78 is 41.3. The average molecular weight is 364 g/mol. The summed E-state index contributed by atoms with van der Waals surface area (Å²) in [6, 6.07) is 3.08. The van der Waals surface area contributed by atoms with Crippen LogP contribution >= 0.6 is 0 Å². The van der Waals surface area contributed by atoms with E-state index in [1.54, 1.807) is 13.0 Å². The Morgan fingerprint density at radius 2 is 2.19 bits per heavy atom. The van der Waals surface area contributed by atoms with E-state index in [1.165, 1.54) is 4.57 Å². The molecule has 1 saturated heterocycles. The van der Waals surface area contributed by atoms with Gasteiger partial charge < -0.3 is 9.47 Å². The maximum absolute atomic E-state index is 14.2. The fraction of sp³-hybridized carbons (Fsp3) is 0.471. The van der Waals surface area contributed by atoms with E-state index in [4.69, 9.17) is 14.7 Å². The Balaban J connectivity index is 1.92. The Morgan fingerprint density at radius 3 is 2.85 bits per heavy atom. The van der Waals surface area contributed by atoms with Crippen molar-refractivity contribution in [3.05, 3.63) is 45.6 Å². The fourth-order valence-electron chi connectivity index (χ4n) is 2.81. The highest BCUT2D eigenvalue weighted by Gasteiger charge is 2.20. The Bertz CT molecular complexity index is 895. The standard InChI is InChI=1S/C17H18F2N4O3/c1-2-22-15(10-26-16-5-3-4-6-25-16)21-23(17(22)24)14-8-12(18)11(9-20)7-13(14)19/h7-8,16H,2-6,10H2,1H3. The summed E-state index contributed by atoms with van der Waals surface area (Å²) in [5, 5.41) is 12.9. The fourth-order valence-corrected chi connectivity index (χ4v) is 2.81. The third-order valence-electron chi connectivity index (χ3n) is 4.18. The van der Waals surface area contributed by atoms with Gasteiger partial charge in [-0.25, -0.2) is 13.6 Å². The Kier molecular flexibility index (Phi) is 5.44. The monoisotopic (exact) mass is 364 g/mol. The van der Waals surface area contributed by atoms with Crippen LogP contribution in [0.3, 0.4) is 0 Å². The Labute approximate surface area is 148 Å². The zero-order valence-electron chi connectivity index (χ0n) is 14.2. The molecule has 1 aliphatic heterocycles. The van der Waals surface area contributed by atoms with Crippen molar-refractivity contribution in [2.75, 3.05) is 6.61 Å². The lowest BCUT2D eigenvalue weighted by molar-refractivity contribution is -0.170. The average Bonchev–Trinajstić information content (AvgIpc) is 2.97. The minimum Gasteiger partial charge on any atom is -0.353 e. The highest BCUT2D eigenvalue weighted by molar-refractivity contribution is 5.41. The van der Waals surface area contributed by atoms with Crippen molar-refractivity contribution in [3.8, 4) is 11.8 Å². The van der Waals surface area contributed by atoms with Crippen LogP contribution in [-0.4, -0.2) is 27.2 Å². The van der Waals surface area contributed by atoms with Crippen LogP contribution < -0.4 is 5.69 Å². The van der Waals surface area contributed by atoms with Gasteiger partial charge in [-0.1, -0.05) is 0 Å². The van der Waals surface area contributed by atoms with Crippen molar-refractivity contribution < 1.29 is 18.3 Å². The van der Waals surface area contributed by atoms with Crippen molar-refractivity contribution >= 4 is 0 Å². The molecule has 1 aliphatic rings. The third-order valence-corrected chi connectivity index (χ3v) is 4.18. The molecular formula is C17H18F2N4O3. The maximum atomic E-state index is 14.2. The van der Waals surface area contributed by atoms with Crippen molar-refractivity contribution in [2.24, 2.45) is 0 Å². The molecular weight excluding hydrogens is 346 g/mol. The molecule has 1 aromatic carbocycles. The molecule has 1 aromatic heterocycles. The molecule has 2 heterocycles. The second kappa shape index (κ2) is 7.76. The van der Waals surface area contributed by atoms with Crippen LogP contribution in [0.4, 0.5) is 8.78 Å². The lowest BCUT2D eigenvalue weighted by Gasteiger charge is -2.22. The van der Waals surface area contributed by atoms with Crippen molar-refractivity contribution in [3.63, 3.8) is 0 Å². The van der Waals surface area contributed by atoms with Gasteiger partial charge in [0.25, 0.3) is 0 Å². The third kappa shape index (κ3) is 3.52. The molecule has 1 fully saturated rings. The lowest BCUT2D eigenvalue weighted by Crippen LogP contribution is -2.25. The highest BCUT2D eigenvalue weighted by atomic mass is 19.1. The topological polar surface area (TPSA) is 82.1 Å². The van der Waals surface area contributed by atoms with Crippen LogP contribution in [0, 0.1) is 23.0 Å². The van der Waals surface area contributed by atoms with Crippen LogP contribution in [0.2, 0.25) is 0 Å². The molecule has 1 unspecified atom stereocenters. The minimum absolute atomic E-state index is 0.0150. The Hall–Kier alpha value is -2.57. The highest BCUT2D eigenvalue weighted by Crippen LogP contribution is 2.18. The number of nitrogens with zero attached hydrogens (tertiary/aromatic N) is 4. The number of hydrogen-bond donors (Lipinski definition) is 0. The molecule has 0 aliphatic carbocycles. The molecule has 0 saturated carbocycles. The van der Waals surface area contributed by atoms with E-state index in [-0.39, 0.29) is 24.4 Å². The summed E-state index contributed by atoms with van der Waals surface area (Å²) in [4.78, 5) is 12.5. The lowest BCUT2D eigenvalue weighted by atomic mass is 10.2. The number of ether oxygens (including phenoxy) is 2. The molecule has 0 amide bonds. The number of halogens is 2. The molecule has 1 atom stereocenters. The van der Waals surface area contributed by atoms with Gasteiger partial charge >= 0.3 is 5.69 Å². The summed E-state index contributed by atoms with van der Waals surface area (Å²) in [6.45, 7) is 2.67. The predicted octanol–water partition coefficient (Wildman–Crippen LogP) is 2.25. The first-order chi connectivity index (χ1) is 12.5. The van der Waals surface area contributed by atoms with Crippen molar-refractivity contribution in [1.29, 1.82) is 5.26 Å². The second-order valence-corrected chi connectivity index (χ2v) is 5.86. The first kappa shape index (κ1) is 18.2. The smallest absolute Gasteiger partial charge is 0.350 e. The van der Waals surface area contributed by atoms with E-state index in [9.17, 15) is 13.6 Å². The van der Waals surface area contributed by atoms with E-state index >= 15 is 0 Å². The normalized spacial score (nSPS) is 17.2.